The van der Waals surface area contributed by atoms with Crippen molar-refractivity contribution in [1.29, 1.82) is 0 Å². The fourth-order valence-corrected chi connectivity index (χ4v) is 2.15. The summed E-state index contributed by atoms with van der Waals surface area (Å²) >= 11 is 0. The Labute approximate surface area is 102 Å². The van der Waals surface area contributed by atoms with Crippen LogP contribution in [0.25, 0.3) is 0 Å². The molecule has 0 aliphatic carbocycles. The van der Waals surface area contributed by atoms with E-state index in [0.717, 1.165) is 24.9 Å². The van der Waals surface area contributed by atoms with Crippen LogP contribution in [0.5, 0.6) is 0 Å². The minimum atomic E-state index is -0.497. The van der Waals surface area contributed by atoms with Crippen molar-refractivity contribution in [3.05, 3.63) is 35.9 Å². The van der Waals surface area contributed by atoms with Gasteiger partial charge in [0.15, 0.2) is 0 Å². The van der Waals surface area contributed by atoms with E-state index in [9.17, 15) is 4.79 Å². The summed E-state index contributed by atoms with van der Waals surface area (Å²) in [6, 6.07) is 9.81. The maximum Gasteiger partial charge on any atom is 0.326 e. The van der Waals surface area contributed by atoms with E-state index in [1.165, 1.54) is 0 Å². The van der Waals surface area contributed by atoms with Crippen LogP contribution in [0.3, 0.4) is 0 Å². The first-order valence-electron chi connectivity index (χ1n) is 6.13. The molecule has 0 aromatic heterocycles. The summed E-state index contributed by atoms with van der Waals surface area (Å²) in [5.74, 6) is -0.147. The topological polar surface area (TPSA) is 38.3 Å². The SMILES string of the molecule is CC(OC(=O)C1(C)CCCN1)c1ccccc1. The largest absolute Gasteiger partial charge is 0.456 e. The summed E-state index contributed by atoms with van der Waals surface area (Å²) in [6.45, 7) is 4.72. The van der Waals surface area contributed by atoms with Crippen molar-refractivity contribution >= 4 is 5.97 Å². The molecule has 1 aromatic rings. The fraction of sp³-hybridized carbons (Fsp3) is 0.500. The molecule has 1 aromatic carbocycles. The zero-order chi connectivity index (χ0) is 12.3. The van der Waals surface area contributed by atoms with Gasteiger partial charge < -0.3 is 10.1 Å². The number of carbonyl (C=O) groups is 1. The van der Waals surface area contributed by atoms with Gasteiger partial charge >= 0.3 is 5.97 Å². The maximum atomic E-state index is 12.1. The van der Waals surface area contributed by atoms with E-state index in [1.54, 1.807) is 0 Å². The zero-order valence-electron chi connectivity index (χ0n) is 10.4. The standard InChI is InChI=1S/C14H19NO2/c1-11(12-7-4-3-5-8-12)17-13(16)14(2)9-6-10-15-14/h3-5,7-8,11,15H,6,9-10H2,1-2H3. The number of hydrogen-bond donors (Lipinski definition) is 1. The predicted molar refractivity (Wildman–Crippen MR) is 66.6 cm³/mol. The molecule has 0 spiro atoms. The Kier molecular flexibility index (Phi) is 3.48. The Morgan fingerprint density at radius 2 is 2.12 bits per heavy atom. The van der Waals surface area contributed by atoms with Crippen LogP contribution >= 0.6 is 0 Å². The second-order valence-corrected chi connectivity index (χ2v) is 4.82. The first kappa shape index (κ1) is 12.1. The molecular formula is C14H19NO2. The van der Waals surface area contributed by atoms with E-state index in [0.29, 0.717) is 0 Å². The highest BCUT2D eigenvalue weighted by molar-refractivity contribution is 5.81. The molecule has 1 saturated heterocycles. The Morgan fingerprint density at radius 3 is 2.71 bits per heavy atom. The van der Waals surface area contributed by atoms with E-state index >= 15 is 0 Å². The van der Waals surface area contributed by atoms with Gasteiger partial charge in [0, 0.05) is 0 Å². The Morgan fingerprint density at radius 1 is 1.41 bits per heavy atom. The van der Waals surface area contributed by atoms with Crippen LogP contribution < -0.4 is 5.32 Å². The van der Waals surface area contributed by atoms with Gasteiger partial charge in [-0.3, -0.25) is 4.79 Å². The molecule has 3 nitrogen and oxygen atoms in total. The van der Waals surface area contributed by atoms with Crippen LogP contribution in [-0.4, -0.2) is 18.1 Å². The van der Waals surface area contributed by atoms with Gasteiger partial charge in [-0.2, -0.15) is 0 Å². The molecule has 1 fully saturated rings. The second-order valence-electron chi connectivity index (χ2n) is 4.82. The summed E-state index contributed by atoms with van der Waals surface area (Å²) in [7, 11) is 0. The highest BCUT2D eigenvalue weighted by Gasteiger charge is 2.38. The zero-order valence-corrected chi connectivity index (χ0v) is 10.4. The van der Waals surface area contributed by atoms with Crippen molar-refractivity contribution in [2.45, 2.75) is 38.3 Å². The van der Waals surface area contributed by atoms with Crippen LogP contribution in [-0.2, 0) is 9.53 Å². The highest BCUT2D eigenvalue weighted by Crippen LogP contribution is 2.24. The highest BCUT2D eigenvalue weighted by atomic mass is 16.5. The Hall–Kier alpha value is -1.35. The molecule has 2 atom stereocenters. The monoisotopic (exact) mass is 233 g/mol. The maximum absolute atomic E-state index is 12.1. The lowest BCUT2D eigenvalue weighted by molar-refractivity contribution is -0.155. The molecule has 1 aliphatic rings. The van der Waals surface area contributed by atoms with Gasteiger partial charge in [-0.15, -0.1) is 0 Å². The van der Waals surface area contributed by atoms with Gasteiger partial charge in [0.25, 0.3) is 0 Å². The predicted octanol–water partition coefficient (Wildman–Crippen LogP) is 2.43. The molecule has 92 valence electrons. The van der Waals surface area contributed by atoms with Gasteiger partial charge in [-0.25, -0.2) is 0 Å². The van der Waals surface area contributed by atoms with E-state index in [1.807, 2.05) is 44.2 Å². The molecule has 2 rings (SSSR count). The number of nitrogens with one attached hydrogen (secondary N) is 1. The molecule has 0 radical (unpaired) electrons. The van der Waals surface area contributed by atoms with Gasteiger partial charge in [-0.05, 0) is 38.8 Å². The molecule has 1 N–H and O–H groups in total. The van der Waals surface area contributed by atoms with Crippen molar-refractivity contribution in [1.82, 2.24) is 5.32 Å². The van der Waals surface area contributed by atoms with Crippen LogP contribution in [0.4, 0.5) is 0 Å². The fourth-order valence-electron chi connectivity index (χ4n) is 2.15. The average molecular weight is 233 g/mol. The lowest BCUT2D eigenvalue weighted by Gasteiger charge is -2.24. The molecule has 0 amide bonds. The number of esters is 1. The van der Waals surface area contributed by atoms with Crippen molar-refractivity contribution in [2.75, 3.05) is 6.54 Å². The normalized spacial score (nSPS) is 25.5. The third kappa shape index (κ3) is 2.67. The Bertz CT molecular complexity index is 382. The van der Waals surface area contributed by atoms with Crippen LogP contribution in [0.15, 0.2) is 30.3 Å². The Balaban J connectivity index is 1.99. The number of hydrogen-bond acceptors (Lipinski definition) is 3. The van der Waals surface area contributed by atoms with Crippen LogP contribution in [0.2, 0.25) is 0 Å². The number of ether oxygens (including phenoxy) is 1. The number of rotatable bonds is 3. The molecule has 17 heavy (non-hydrogen) atoms. The van der Waals surface area contributed by atoms with Crippen molar-refractivity contribution in [3.63, 3.8) is 0 Å². The second kappa shape index (κ2) is 4.88. The average Bonchev–Trinajstić information content (AvgIpc) is 2.78. The lowest BCUT2D eigenvalue weighted by atomic mass is 10.0. The molecule has 2 unspecified atom stereocenters. The minimum absolute atomic E-state index is 0.147. The quantitative estimate of drug-likeness (QED) is 0.815. The van der Waals surface area contributed by atoms with Crippen LogP contribution in [0.1, 0.15) is 38.4 Å². The van der Waals surface area contributed by atoms with Crippen molar-refractivity contribution in [3.8, 4) is 0 Å². The summed E-state index contributed by atoms with van der Waals surface area (Å²) in [5.41, 5.74) is 0.533. The van der Waals surface area contributed by atoms with Gasteiger partial charge in [0.1, 0.15) is 11.6 Å². The van der Waals surface area contributed by atoms with Crippen LogP contribution in [0, 0.1) is 0 Å². The van der Waals surface area contributed by atoms with E-state index in [4.69, 9.17) is 4.74 Å². The molecule has 1 aliphatic heterocycles. The molecule has 1 heterocycles. The van der Waals surface area contributed by atoms with Gasteiger partial charge in [0.2, 0.25) is 0 Å². The lowest BCUT2D eigenvalue weighted by Crippen LogP contribution is -2.45. The van der Waals surface area contributed by atoms with E-state index in [-0.39, 0.29) is 12.1 Å². The molecule has 0 saturated carbocycles. The van der Waals surface area contributed by atoms with Gasteiger partial charge in [0.05, 0.1) is 0 Å². The van der Waals surface area contributed by atoms with Gasteiger partial charge in [-0.1, -0.05) is 30.3 Å². The third-order valence-electron chi connectivity index (χ3n) is 3.37. The molecule has 3 heteroatoms. The molecule has 0 bridgehead atoms. The number of carbonyl (C=O) groups excluding carboxylic acids is 1. The van der Waals surface area contributed by atoms with E-state index in [2.05, 4.69) is 5.32 Å². The summed E-state index contributed by atoms with van der Waals surface area (Å²) in [4.78, 5) is 12.1. The minimum Gasteiger partial charge on any atom is -0.456 e. The smallest absolute Gasteiger partial charge is 0.326 e. The first-order valence-corrected chi connectivity index (χ1v) is 6.13. The van der Waals surface area contributed by atoms with Crippen molar-refractivity contribution in [2.24, 2.45) is 0 Å². The summed E-state index contributed by atoms with van der Waals surface area (Å²) in [5, 5.41) is 3.22. The first-order chi connectivity index (χ1) is 8.12. The summed E-state index contributed by atoms with van der Waals surface area (Å²) in [6.07, 6.45) is 1.70. The van der Waals surface area contributed by atoms with Crippen molar-refractivity contribution < 1.29 is 9.53 Å². The molecular weight excluding hydrogens is 214 g/mol. The van der Waals surface area contributed by atoms with E-state index < -0.39 is 5.54 Å². The number of benzene rings is 1. The summed E-state index contributed by atoms with van der Waals surface area (Å²) < 4.78 is 5.52. The third-order valence-corrected chi connectivity index (χ3v) is 3.37.